The molecule has 0 aromatic heterocycles. The van der Waals surface area contributed by atoms with Crippen LogP contribution in [0.3, 0.4) is 0 Å². The van der Waals surface area contributed by atoms with Gasteiger partial charge in [0.15, 0.2) is 0 Å². The van der Waals surface area contributed by atoms with Gasteiger partial charge in [-0.15, -0.1) is 0 Å². The number of nitrogens with zero attached hydrogens (tertiary/aromatic N) is 1. The Balaban J connectivity index is 2.61. The maximum atomic E-state index is 12.1. The van der Waals surface area contributed by atoms with Crippen molar-refractivity contribution in [3.63, 3.8) is 0 Å². The van der Waals surface area contributed by atoms with Crippen molar-refractivity contribution in [2.45, 2.75) is 31.9 Å². The molecule has 0 spiro atoms. The lowest BCUT2D eigenvalue weighted by atomic mass is 10.2. The van der Waals surface area contributed by atoms with Gasteiger partial charge in [0.2, 0.25) is 10.0 Å². The number of nitrogens with two attached hydrogens (primary N) is 1. The summed E-state index contributed by atoms with van der Waals surface area (Å²) < 4.78 is 30.9. The molecule has 6 nitrogen and oxygen atoms in total. The van der Waals surface area contributed by atoms with Crippen LogP contribution in [0.4, 0.5) is 0 Å². The highest BCUT2D eigenvalue weighted by atomic mass is 32.2. The molecule has 0 radical (unpaired) electrons. The van der Waals surface area contributed by atoms with E-state index in [-0.39, 0.29) is 24.9 Å². The maximum absolute atomic E-state index is 12.1. The number of unbranched alkanes of at least 4 members (excludes halogenated alkanes) is 1. The van der Waals surface area contributed by atoms with E-state index in [0.717, 1.165) is 0 Å². The highest BCUT2D eigenvalue weighted by molar-refractivity contribution is 7.89. The summed E-state index contributed by atoms with van der Waals surface area (Å²) in [5.74, 6) is 0.118. The molecule has 0 bridgehead atoms. The van der Waals surface area contributed by atoms with Crippen LogP contribution in [0, 0.1) is 0 Å². The molecule has 3 N–H and O–H groups in total. The summed E-state index contributed by atoms with van der Waals surface area (Å²) in [5.41, 5.74) is 5.35. The molecule has 2 atom stereocenters. The van der Waals surface area contributed by atoms with Crippen molar-refractivity contribution in [3.05, 3.63) is 0 Å². The zero-order chi connectivity index (χ0) is 12.9. The summed E-state index contributed by atoms with van der Waals surface area (Å²) in [6.45, 7) is 2.74. The molecular formula is C10H22N2O4S. The average molecular weight is 266 g/mol. The van der Waals surface area contributed by atoms with Crippen molar-refractivity contribution in [2.24, 2.45) is 5.73 Å². The van der Waals surface area contributed by atoms with E-state index < -0.39 is 16.1 Å². The summed E-state index contributed by atoms with van der Waals surface area (Å²) in [4.78, 5) is 0. The summed E-state index contributed by atoms with van der Waals surface area (Å²) in [6, 6.07) is -0.166. The number of morpholine rings is 1. The highest BCUT2D eigenvalue weighted by Gasteiger charge is 2.33. The van der Waals surface area contributed by atoms with Gasteiger partial charge >= 0.3 is 0 Å². The first kappa shape index (κ1) is 14.8. The molecular weight excluding hydrogens is 244 g/mol. The Morgan fingerprint density at radius 2 is 2.18 bits per heavy atom. The van der Waals surface area contributed by atoms with E-state index in [4.69, 9.17) is 15.6 Å². The Bertz CT molecular complexity index is 320. The molecule has 0 saturated carbocycles. The van der Waals surface area contributed by atoms with E-state index in [2.05, 4.69) is 0 Å². The number of sulfonamides is 1. The van der Waals surface area contributed by atoms with E-state index >= 15 is 0 Å². The van der Waals surface area contributed by atoms with Crippen LogP contribution in [0.1, 0.15) is 19.8 Å². The monoisotopic (exact) mass is 266 g/mol. The van der Waals surface area contributed by atoms with E-state index in [1.165, 1.54) is 4.31 Å². The van der Waals surface area contributed by atoms with E-state index in [0.29, 0.717) is 26.0 Å². The number of rotatable bonds is 6. The minimum atomic E-state index is -3.26. The first-order chi connectivity index (χ1) is 8.01. The fourth-order valence-electron chi connectivity index (χ4n) is 1.84. The van der Waals surface area contributed by atoms with Crippen LogP contribution in [0.15, 0.2) is 0 Å². The van der Waals surface area contributed by atoms with Gasteiger partial charge in [0, 0.05) is 12.6 Å². The summed E-state index contributed by atoms with van der Waals surface area (Å²) in [5, 5.41) is 9.01. The molecule has 1 aliphatic heterocycles. The third kappa shape index (κ3) is 4.18. The molecule has 1 rings (SSSR count). The van der Waals surface area contributed by atoms with Crippen molar-refractivity contribution in [3.8, 4) is 0 Å². The molecule has 102 valence electrons. The normalized spacial score (nSPS) is 27.2. The molecule has 0 aromatic carbocycles. The van der Waals surface area contributed by atoms with Crippen molar-refractivity contribution in [2.75, 3.05) is 32.1 Å². The lowest BCUT2D eigenvalue weighted by Crippen LogP contribution is -2.52. The Kier molecular flexibility index (Phi) is 5.81. The largest absolute Gasteiger partial charge is 0.394 e. The van der Waals surface area contributed by atoms with Crippen molar-refractivity contribution in [1.29, 1.82) is 0 Å². The van der Waals surface area contributed by atoms with Crippen LogP contribution in [0.25, 0.3) is 0 Å². The smallest absolute Gasteiger partial charge is 0.214 e. The van der Waals surface area contributed by atoms with Gasteiger partial charge in [0.1, 0.15) is 0 Å². The average Bonchev–Trinajstić information content (AvgIpc) is 2.29. The molecule has 0 aromatic rings. The van der Waals surface area contributed by atoms with Gasteiger partial charge in [-0.25, -0.2) is 8.42 Å². The first-order valence-electron chi connectivity index (χ1n) is 5.93. The summed E-state index contributed by atoms with van der Waals surface area (Å²) >= 11 is 0. The zero-order valence-electron chi connectivity index (χ0n) is 10.2. The Morgan fingerprint density at radius 3 is 2.76 bits per heavy atom. The molecule has 7 heteroatoms. The van der Waals surface area contributed by atoms with Crippen LogP contribution in [0.2, 0.25) is 0 Å². The van der Waals surface area contributed by atoms with Crippen LogP contribution in [-0.2, 0) is 14.8 Å². The first-order valence-corrected chi connectivity index (χ1v) is 7.54. The van der Waals surface area contributed by atoms with Gasteiger partial charge in [0.05, 0.1) is 25.1 Å². The number of hydrogen-bond donors (Lipinski definition) is 2. The van der Waals surface area contributed by atoms with E-state index in [1.807, 2.05) is 6.92 Å². The van der Waals surface area contributed by atoms with Gasteiger partial charge in [-0.05, 0) is 26.3 Å². The second-order valence-corrected chi connectivity index (χ2v) is 6.41. The molecule has 0 aliphatic carbocycles. The number of ether oxygens (including phenoxy) is 1. The molecule has 1 heterocycles. The van der Waals surface area contributed by atoms with Crippen LogP contribution in [-0.4, -0.2) is 62.0 Å². The topological polar surface area (TPSA) is 92.9 Å². The molecule has 2 unspecified atom stereocenters. The van der Waals surface area contributed by atoms with Crippen molar-refractivity contribution >= 4 is 10.0 Å². The van der Waals surface area contributed by atoms with Crippen molar-refractivity contribution in [1.82, 2.24) is 4.31 Å². The van der Waals surface area contributed by atoms with Gasteiger partial charge < -0.3 is 15.6 Å². The predicted octanol–water partition coefficient (Wildman–Crippen LogP) is -0.863. The third-order valence-corrected chi connectivity index (χ3v) is 4.89. The van der Waals surface area contributed by atoms with Crippen LogP contribution < -0.4 is 5.73 Å². The minimum absolute atomic E-state index is 0.118. The van der Waals surface area contributed by atoms with Crippen LogP contribution in [0.5, 0.6) is 0 Å². The quantitative estimate of drug-likeness (QED) is 0.610. The summed E-state index contributed by atoms with van der Waals surface area (Å²) in [7, 11) is -3.26. The highest BCUT2D eigenvalue weighted by Crippen LogP contribution is 2.17. The van der Waals surface area contributed by atoms with Gasteiger partial charge in [-0.1, -0.05) is 0 Å². The molecule has 1 aliphatic rings. The molecule has 1 saturated heterocycles. The van der Waals surface area contributed by atoms with Crippen LogP contribution >= 0.6 is 0 Å². The fraction of sp³-hybridized carbons (Fsp3) is 1.00. The second-order valence-electron chi connectivity index (χ2n) is 4.37. The second kappa shape index (κ2) is 6.65. The Labute approximate surface area is 103 Å². The third-order valence-electron chi connectivity index (χ3n) is 2.87. The molecule has 0 amide bonds. The van der Waals surface area contributed by atoms with E-state index in [9.17, 15) is 8.42 Å². The lowest BCUT2D eigenvalue weighted by Gasteiger charge is -2.36. The molecule has 17 heavy (non-hydrogen) atoms. The predicted molar refractivity (Wildman–Crippen MR) is 65.1 cm³/mol. The number of aliphatic hydroxyl groups excluding tert-OH is 1. The number of hydrogen-bond acceptors (Lipinski definition) is 5. The van der Waals surface area contributed by atoms with Gasteiger partial charge in [0.25, 0.3) is 0 Å². The number of aliphatic hydroxyl groups is 1. The van der Waals surface area contributed by atoms with E-state index in [1.54, 1.807) is 0 Å². The fourth-order valence-corrected chi connectivity index (χ4v) is 3.64. The lowest BCUT2D eigenvalue weighted by molar-refractivity contribution is -0.0516. The zero-order valence-corrected chi connectivity index (χ0v) is 11.0. The molecule has 1 fully saturated rings. The minimum Gasteiger partial charge on any atom is -0.394 e. The maximum Gasteiger partial charge on any atom is 0.214 e. The SMILES string of the molecule is CC1COC(CO)CN1S(=O)(=O)CCCCN. The van der Waals surface area contributed by atoms with Crippen molar-refractivity contribution < 1.29 is 18.3 Å². The Hall–Kier alpha value is -0.210. The standard InChI is InChI=1S/C10H22N2O4S/c1-9-8-16-10(7-13)6-12(9)17(14,15)5-3-2-4-11/h9-10,13H,2-8,11H2,1H3. The van der Waals surface area contributed by atoms with Gasteiger partial charge in [-0.2, -0.15) is 4.31 Å². The Morgan fingerprint density at radius 1 is 1.47 bits per heavy atom. The van der Waals surface area contributed by atoms with Gasteiger partial charge in [-0.3, -0.25) is 0 Å². The summed E-state index contributed by atoms with van der Waals surface area (Å²) in [6.07, 6.45) is 0.879.